The van der Waals surface area contributed by atoms with E-state index in [1.165, 1.54) is 0 Å². The van der Waals surface area contributed by atoms with Gasteiger partial charge in [0, 0.05) is 0 Å². The van der Waals surface area contributed by atoms with E-state index >= 15 is 0 Å². The molecule has 0 radical (unpaired) electrons. The number of carboxylic acid groups (broad SMARTS) is 1. The van der Waals surface area contributed by atoms with Gasteiger partial charge in [0.25, 0.3) is 0 Å². The van der Waals surface area contributed by atoms with Gasteiger partial charge in [-0.1, -0.05) is 0 Å². The van der Waals surface area contributed by atoms with E-state index in [9.17, 15) is 4.79 Å². The van der Waals surface area contributed by atoms with Gasteiger partial charge in [-0.25, -0.2) is 4.79 Å². The maximum absolute atomic E-state index is 10.2. The van der Waals surface area contributed by atoms with E-state index in [2.05, 4.69) is 0 Å². The molecule has 0 aliphatic carbocycles. The molecule has 1 heterocycles. The van der Waals surface area contributed by atoms with Gasteiger partial charge in [-0.05, 0) is 12.8 Å². The predicted molar refractivity (Wildman–Crippen MR) is 29.7 cm³/mol. The van der Waals surface area contributed by atoms with Crippen LogP contribution in [0.2, 0.25) is 0 Å². The molecule has 0 amide bonds. The van der Waals surface area contributed by atoms with Crippen molar-refractivity contribution in [3.05, 3.63) is 0 Å². The maximum Gasteiger partial charge on any atom is 0.332 e. The van der Waals surface area contributed by atoms with Crippen molar-refractivity contribution in [2.24, 2.45) is 5.73 Å². The molecule has 0 aromatic carbocycles. The first-order valence-electron chi connectivity index (χ1n) is 2.84. The largest absolute Gasteiger partial charge is 0.479 e. The molecule has 0 aromatic heterocycles. The van der Waals surface area contributed by atoms with E-state index < -0.39 is 12.1 Å². The predicted octanol–water partition coefficient (Wildman–Crippen LogP) is -0.465. The lowest BCUT2D eigenvalue weighted by molar-refractivity contribution is -0.149. The van der Waals surface area contributed by atoms with Gasteiger partial charge in [0.2, 0.25) is 0 Å². The Bertz CT molecular complexity index is 125. The third-order valence-electron chi connectivity index (χ3n) is 1.33. The van der Waals surface area contributed by atoms with Crippen LogP contribution >= 0.6 is 0 Å². The standard InChI is InChI=1S/C5H9NO3/c6-4-2-1-3(9-4)5(7)8/h3-4H,1-2,6H2,(H,7,8). The van der Waals surface area contributed by atoms with Crippen LogP contribution in [0.3, 0.4) is 0 Å². The Labute approximate surface area is 52.6 Å². The molecule has 3 N–H and O–H groups in total. The molecule has 0 bridgehead atoms. The molecule has 1 fully saturated rings. The number of rotatable bonds is 1. The molecule has 1 rings (SSSR count). The number of hydrogen-bond donors (Lipinski definition) is 2. The van der Waals surface area contributed by atoms with Crippen molar-refractivity contribution >= 4 is 5.97 Å². The van der Waals surface area contributed by atoms with Crippen molar-refractivity contribution in [1.29, 1.82) is 0 Å². The highest BCUT2D eigenvalue weighted by atomic mass is 16.5. The number of nitrogens with two attached hydrogens (primary N) is 1. The molecule has 1 saturated heterocycles. The van der Waals surface area contributed by atoms with Crippen LogP contribution in [0.5, 0.6) is 0 Å². The van der Waals surface area contributed by atoms with Crippen LogP contribution in [0, 0.1) is 0 Å². The van der Waals surface area contributed by atoms with Crippen molar-refractivity contribution in [3.63, 3.8) is 0 Å². The Hall–Kier alpha value is -0.610. The summed E-state index contributed by atoms with van der Waals surface area (Å²) in [4.78, 5) is 10.2. The number of aliphatic carboxylic acids is 1. The number of hydrogen-bond acceptors (Lipinski definition) is 3. The zero-order chi connectivity index (χ0) is 6.85. The number of ether oxygens (including phenoxy) is 1. The summed E-state index contributed by atoms with van der Waals surface area (Å²) in [6.07, 6.45) is 0.152. The van der Waals surface area contributed by atoms with Crippen LogP contribution in [0.25, 0.3) is 0 Å². The molecule has 9 heavy (non-hydrogen) atoms. The van der Waals surface area contributed by atoms with Gasteiger partial charge < -0.3 is 15.6 Å². The average molecular weight is 131 g/mol. The lowest BCUT2D eigenvalue weighted by Gasteiger charge is -2.03. The summed E-state index contributed by atoms with van der Waals surface area (Å²) in [7, 11) is 0. The highest BCUT2D eigenvalue weighted by Crippen LogP contribution is 2.15. The van der Waals surface area contributed by atoms with Crippen molar-refractivity contribution in [1.82, 2.24) is 0 Å². The molecule has 2 atom stereocenters. The summed E-state index contributed by atoms with van der Waals surface area (Å²) >= 11 is 0. The van der Waals surface area contributed by atoms with Crippen molar-refractivity contribution in [2.45, 2.75) is 25.2 Å². The molecule has 0 aromatic rings. The van der Waals surface area contributed by atoms with Crippen LogP contribution in [-0.2, 0) is 9.53 Å². The Morgan fingerprint density at radius 3 is 2.56 bits per heavy atom. The molecule has 4 nitrogen and oxygen atoms in total. The summed E-state index contributed by atoms with van der Waals surface area (Å²) in [5.74, 6) is -0.914. The van der Waals surface area contributed by atoms with Gasteiger partial charge in [0.1, 0.15) is 6.23 Å². The van der Waals surface area contributed by atoms with Gasteiger partial charge in [0.05, 0.1) is 0 Å². The Balaban J connectivity index is 2.39. The smallest absolute Gasteiger partial charge is 0.332 e. The quantitative estimate of drug-likeness (QED) is 0.504. The van der Waals surface area contributed by atoms with E-state index in [0.717, 1.165) is 0 Å². The van der Waals surface area contributed by atoms with Crippen LogP contribution in [0.15, 0.2) is 0 Å². The highest BCUT2D eigenvalue weighted by molar-refractivity contribution is 5.72. The molecule has 0 saturated carbocycles. The van der Waals surface area contributed by atoms with E-state index in [0.29, 0.717) is 12.8 Å². The molecule has 52 valence electrons. The van der Waals surface area contributed by atoms with Gasteiger partial charge in [0.15, 0.2) is 6.10 Å². The minimum Gasteiger partial charge on any atom is -0.479 e. The number of carboxylic acids is 1. The SMILES string of the molecule is NC1CCC(C(=O)O)O1. The fraction of sp³-hybridized carbons (Fsp3) is 0.800. The van der Waals surface area contributed by atoms with Crippen molar-refractivity contribution < 1.29 is 14.6 Å². The second-order valence-corrected chi connectivity index (χ2v) is 2.08. The third-order valence-corrected chi connectivity index (χ3v) is 1.33. The minimum atomic E-state index is -0.914. The first-order valence-corrected chi connectivity index (χ1v) is 2.84. The Morgan fingerprint density at radius 1 is 1.67 bits per heavy atom. The minimum absolute atomic E-state index is 0.369. The van der Waals surface area contributed by atoms with Crippen LogP contribution in [0.1, 0.15) is 12.8 Å². The van der Waals surface area contributed by atoms with Crippen LogP contribution in [-0.4, -0.2) is 23.4 Å². The lowest BCUT2D eigenvalue weighted by atomic mass is 10.2. The van der Waals surface area contributed by atoms with Gasteiger partial charge in [-0.2, -0.15) is 0 Å². The molecular weight excluding hydrogens is 122 g/mol. The Kier molecular flexibility index (Phi) is 1.68. The number of carbonyl (C=O) groups is 1. The van der Waals surface area contributed by atoms with E-state index in [4.69, 9.17) is 15.6 Å². The molecule has 1 aliphatic rings. The molecule has 4 heteroatoms. The topological polar surface area (TPSA) is 72.6 Å². The van der Waals surface area contributed by atoms with E-state index in [-0.39, 0.29) is 6.23 Å². The monoisotopic (exact) mass is 131 g/mol. The Morgan fingerprint density at radius 2 is 2.33 bits per heavy atom. The zero-order valence-electron chi connectivity index (χ0n) is 4.91. The molecule has 0 spiro atoms. The van der Waals surface area contributed by atoms with Crippen LogP contribution in [0.4, 0.5) is 0 Å². The van der Waals surface area contributed by atoms with Gasteiger partial charge in [-0.15, -0.1) is 0 Å². The highest BCUT2D eigenvalue weighted by Gasteiger charge is 2.27. The second kappa shape index (κ2) is 2.33. The normalized spacial score (nSPS) is 34.8. The molecule has 2 unspecified atom stereocenters. The summed E-state index contributed by atoms with van der Waals surface area (Å²) in [6.45, 7) is 0. The van der Waals surface area contributed by atoms with Gasteiger partial charge in [-0.3, -0.25) is 0 Å². The van der Waals surface area contributed by atoms with E-state index in [1.54, 1.807) is 0 Å². The third kappa shape index (κ3) is 1.40. The average Bonchev–Trinajstić information content (AvgIpc) is 2.14. The van der Waals surface area contributed by atoms with Gasteiger partial charge >= 0.3 is 5.97 Å². The first kappa shape index (κ1) is 6.51. The van der Waals surface area contributed by atoms with Crippen LogP contribution < -0.4 is 5.73 Å². The summed E-state index contributed by atoms with van der Waals surface area (Å²) < 4.78 is 4.80. The first-order chi connectivity index (χ1) is 4.20. The fourth-order valence-electron chi connectivity index (χ4n) is 0.844. The maximum atomic E-state index is 10.2. The summed E-state index contributed by atoms with van der Waals surface area (Å²) in [5, 5.41) is 8.35. The second-order valence-electron chi connectivity index (χ2n) is 2.08. The fourth-order valence-corrected chi connectivity index (χ4v) is 0.844. The lowest BCUT2D eigenvalue weighted by Crippen LogP contribution is -2.24. The zero-order valence-corrected chi connectivity index (χ0v) is 4.91. The summed E-state index contributed by atoms with van der Waals surface area (Å²) in [6, 6.07) is 0. The van der Waals surface area contributed by atoms with Crippen molar-refractivity contribution in [3.8, 4) is 0 Å². The molecule has 1 aliphatic heterocycles. The summed E-state index contributed by atoms with van der Waals surface area (Å²) in [5.41, 5.74) is 5.28. The molecular formula is C5H9NO3. The van der Waals surface area contributed by atoms with Crippen molar-refractivity contribution in [2.75, 3.05) is 0 Å². The van der Waals surface area contributed by atoms with E-state index in [1.807, 2.05) is 0 Å².